The first-order valence-electron chi connectivity index (χ1n) is 6.35. The number of methoxy groups -OCH3 is 1. The number of hydrogen-bond donors (Lipinski definition) is 0. The van der Waals surface area contributed by atoms with E-state index in [0.29, 0.717) is 22.4 Å². The molecule has 0 aliphatic heterocycles. The molecule has 0 spiro atoms. The summed E-state index contributed by atoms with van der Waals surface area (Å²) in [5.74, 6) is 0.290. The van der Waals surface area contributed by atoms with Crippen molar-refractivity contribution in [2.75, 3.05) is 7.11 Å². The van der Waals surface area contributed by atoms with Gasteiger partial charge in [0.25, 0.3) is 0 Å². The van der Waals surface area contributed by atoms with Gasteiger partial charge < -0.3 is 9.30 Å². The van der Waals surface area contributed by atoms with Crippen LogP contribution in [0.25, 0.3) is 6.08 Å². The maximum atomic E-state index is 11.3. The van der Waals surface area contributed by atoms with Gasteiger partial charge in [-0.2, -0.15) is 0 Å². The van der Waals surface area contributed by atoms with Crippen LogP contribution in [0.2, 0.25) is 10.2 Å². The van der Waals surface area contributed by atoms with Crippen molar-refractivity contribution < 1.29 is 9.53 Å². The van der Waals surface area contributed by atoms with Crippen molar-refractivity contribution in [1.82, 2.24) is 9.55 Å². The van der Waals surface area contributed by atoms with Gasteiger partial charge in [-0.15, -0.1) is 0 Å². The Labute approximate surface area is 152 Å². The number of carbonyl (C=O) groups excluding carboxylic acids is 1. The Hall–Kier alpha value is -1.05. The van der Waals surface area contributed by atoms with Gasteiger partial charge in [0.15, 0.2) is 5.15 Å². The Bertz CT molecular complexity index is 741. The number of carbonyl (C=O) groups is 1. The molecule has 0 radical (unpaired) electrons. The van der Waals surface area contributed by atoms with Gasteiger partial charge in [-0.3, -0.25) is 0 Å². The first-order chi connectivity index (χ1) is 10.4. The lowest BCUT2D eigenvalue weighted by Gasteiger charge is -2.10. The number of hydrogen-bond acceptors (Lipinski definition) is 3. The van der Waals surface area contributed by atoms with Gasteiger partial charge in [0.1, 0.15) is 5.82 Å². The standard InChI is InChI=1S/C15H13Cl2IN2O2/c1-9-19-15(17)13(5-6-14(21)22-2)20(9)8-10-3-4-11(18)7-12(10)16/h3-7H,8H2,1-2H3. The molecular formula is C15H13Cl2IN2O2. The van der Waals surface area contributed by atoms with Crippen LogP contribution in [-0.4, -0.2) is 22.6 Å². The average Bonchev–Trinajstić information content (AvgIpc) is 2.73. The number of imidazole rings is 1. The zero-order valence-electron chi connectivity index (χ0n) is 11.9. The summed E-state index contributed by atoms with van der Waals surface area (Å²) in [5.41, 5.74) is 1.59. The highest BCUT2D eigenvalue weighted by Gasteiger charge is 2.13. The van der Waals surface area contributed by atoms with Crippen molar-refractivity contribution in [2.24, 2.45) is 0 Å². The van der Waals surface area contributed by atoms with E-state index in [9.17, 15) is 4.79 Å². The van der Waals surface area contributed by atoms with Crippen molar-refractivity contribution in [3.8, 4) is 0 Å². The second-order valence-corrected chi connectivity index (χ2v) is 6.52. The van der Waals surface area contributed by atoms with Crippen LogP contribution in [0.15, 0.2) is 24.3 Å². The largest absolute Gasteiger partial charge is 0.466 e. The third kappa shape index (κ3) is 4.02. The highest BCUT2D eigenvalue weighted by Crippen LogP contribution is 2.24. The molecule has 0 saturated carbocycles. The molecule has 0 bridgehead atoms. The predicted molar refractivity (Wildman–Crippen MR) is 96.3 cm³/mol. The number of halogens is 3. The Balaban J connectivity index is 2.38. The zero-order valence-corrected chi connectivity index (χ0v) is 15.6. The monoisotopic (exact) mass is 450 g/mol. The van der Waals surface area contributed by atoms with Gasteiger partial charge in [0.05, 0.1) is 19.3 Å². The number of esters is 1. The second-order valence-electron chi connectivity index (χ2n) is 4.51. The summed E-state index contributed by atoms with van der Waals surface area (Å²) in [4.78, 5) is 15.5. The average molecular weight is 451 g/mol. The summed E-state index contributed by atoms with van der Waals surface area (Å²) in [7, 11) is 1.32. The molecule has 0 saturated heterocycles. The summed E-state index contributed by atoms with van der Waals surface area (Å²) in [6.07, 6.45) is 2.91. The lowest BCUT2D eigenvalue weighted by molar-refractivity contribution is -0.134. The molecule has 2 aromatic rings. The number of nitrogens with zero attached hydrogens (tertiary/aromatic N) is 2. The fourth-order valence-electron chi connectivity index (χ4n) is 1.94. The van der Waals surface area contributed by atoms with Crippen LogP contribution < -0.4 is 0 Å². The number of ether oxygens (including phenoxy) is 1. The number of aryl methyl sites for hydroxylation is 1. The Morgan fingerprint density at radius 2 is 2.18 bits per heavy atom. The van der Waals surface area contributed by atoms with Gasteiger partial charge in [-0.25, -0.2) is 9.78 Å². The van der Waals surface area contributed by atoms with Crippen LogP contribution in [0.5, 0.6) is 0 Å². The van der Waals surface area contributed by atoms with Crippen molar-refractivity contribution in [3.05, 3.63) is 55.1 Å². The van der Waals surface area contributed by atoms with Crippen molar-refractivity contribution in [2.45, 2.75) is 13.5 Å². The van der Waals surface area contributed by atoms with Gasteiger partial charge >= 0.3 is 5.97 Å². The summed E-state index contributed by atoms with van der Waals surface area (Å²) in [6.45, 7) is 2.37. The summed E-state index contributed by atoms with van der Waals surface area (Å²) in [6, 6.07) is 5.85. The molecule has 2 rings (SSSR count). The van der Waals surface area contributed by atoms with Gasteiger partial charge in [-0.1, -0.05) is 29.3 Å². The maximum Gasteiger partial charge on any atom is 0.330 e. The van der Waals surface area contributed by atoms with Crippen LogP contribution in [0.4, 0.5) is 0 Å². The molecule has 1 aromatic heterocycles. The quantitative estimate of drug-likeness (QED) is 0.395. The smallest absolute Gasteiger partial charge is 0.330 e. The minimum absolute atomic E-state index is 0.333. The Morgan fingerprint density at radius 3 is 2.82 bits per heavy atom. The molecule has 1 aromatic carbocycles. The molecule has 0 aliphatic carbocycles. The van der Waals surface area contributed by atoms with Crippen molar-refractivity contribution in [3.63, 3.8) is 0 Å². The second kappa shape index (κ2) is 7.48. The zero-order chi connectivity index (χ0) is 16.3. The lowest BCUT2D eigenvalue weighted by Crippen LogP contribution is -2.05. The molecule has 0 atom stereocenters. The van der Waals surface area contributed by atoms with E-state index in [2.05, 4.69) is 32.3 Å². The van der Waals surface area contributed by atoms with Crippen LogP contribution in [-0.2, 0) is 16.1 Å². The van der Waals surface area contributed by atoms with Crippen LogP contribution in [0.1, 0.15) is 17.1 Å². The molecule has 0 fully saturated rings. The number of aromatic nitrogens is 2. The molecule has 116 valence electrons. The summed E-state index contributed by atoms with van der Waals surface area (Å²) >= 11 is 14.6. The first kappa shape index (κ1) is 17.3. The first-order valence-corrected chi connectivity index (χ1v) is 8.18. The minimum atomic E-state index is -0.450. The fourth-order valence-corrected chi connectivity index (χ4v) is 3.14. The number of rotatable bonds is 4. The van der Waals surface area contributed by atoms with E-state index in [1.54, 1.807) is 6.08 Å². The van der Waals surface area contributed by atoms with Gasteiger partial charge in [0, 0.05) is 14.7 Å². The Morgan fingerprint density at radius 1 is 1.45 bits per heavy atom. The van der Waals surface area contributed by atoms with E-state index in [1.807, 2.05) is 29.7 Å². The van der Waals surface area contributed by atoms with E-state index in [4.69, 9.17) is 23.2 Å². The fraction of sp³-hybridized carbons (Fsp3) is 0.200. The lowest BCUT2D eigenvalue weighted by atomic mass is 10.2. The number of benzene rings is 1. The SMILES string of the molecule is COC(=O)C=Cc1c(Cl)nc(C)n1Cc1ccc(I)cc1Cl. The van der Waals surface area contributed by atoms with E-state index in [-0.39, 0.29) is 0 Å². The van der Waals surface area contributed by atoms with Crippen LogP contribution in [0, 0.1) is 10.5 Å². The topological polar surface area (TPSA) is 44.1 Å². The molecular weight excluding hydrogens is 438 g/mol. The third-order valence-electron chi connectivity index (χ3n) is 3.07. The third-order valence-corrected chi connectivity index (χ3v) is 4.38. The van der Waals surface area contributed by atoms with Gasteiger partial charge in [0.2, 0.25) is 0 Å². The Kier molecular flexibility index (Phi) is 5.88. The van der Waals surface area contributed by atoms with Crippen LogP contribution >= 0.6 is 45.8 Å². The molecule has 0 unspecified atom stereocenters. The molecule has 0 N–H and O–H groups in total. The van der Waals surface area contributed by atoms with E-state index < -0.39 is 5.97 Å². The molecule has 0 aliphatic rings. The summed E-state index contributed by atoms with van der Waals surface area (Å²) in [5, 5.41) is 1.01. The normalized spacial score (nSPS) is 11.1. The molecule has 1 heterocycles. The molecule has 4 nitrogen and oxygen atoms in total. The minimum Gasteiger partial charge on any atom is -0.466 e. The van der Waals surface area contributed by atoms with E-state index in [1.165, 1.54) is 13.2 Å². The van der Waals surface area contributed by atoms with Crippen LogP contribution in [0.3, 0.4) is 0 Å². The predicted octanol–water partition coefficient (Wildman–Crippen LogP) is 4.34. The highest BCUT2D eigenvalue weighted by molar-refractivity contribution is 14.1. The molecule has 0 amide bonds. The molecule has 22 heavy (non-hydrogen) atoms. The summed E-state index contributed by atoms with van der Waals surface area (Å²) < 4.78 is 7.55. The van der Waals surface area contributed by atoms with E-state index >= 15 is 0 Å². The van der Waals surface area contributed by atoms with Crippen molar-refractivity contribution >= 4 is 57.8 Å². The molecule has 7 heteroatoms. The maximum absolute atomic E-state index is 11.3. The van der Waals surface area contributed by atoms with E-state index in [0.717, 1.165) is 15.0 Å². The highest BCUT2D eigenvalue weighted by atomic mass is 127. The van der Waals surface area contributed by atoms with Crippen molar-refractivity contribution in [1.29, 1.82) is 0 Å². The van der Waals surface area contributed by atoms with Gasteiger partial charge in [-0.05, 0) is 53.3 Å².